The van der Waals surface area contributed by atoms with Crippen molar-refractivity contribution in [2.24, 2.45) is 0 Å². The normalized spacial score (nSPS) is 12.0. The second kappa shape index (κ2) is 14.5. The standard InChI is InChI=1S/C32H44N5O7P/c1-9-42-45(39,43-10-2)19-11-18-33-29-28-27(34-30(35-29)36(6)31(38)44-32(3,4)5)25-17-16-24(41-8)20-26(25)37(28)21-22-12-14-23(40-7)15-13-22/h12-17,20H,9-11,18-19,21H2,1-8H3,(H,33,34,35). The van der Waals surface area contributed by atoms with Crippen molar-refractivity contribution in [3.05, 3.63) is 48.0 Å². The van der Waals surface area contributed by atoms with Crippen molar-refractivity contribution in [3.8, 4) is 11.5 Å². The van der Waals surface area contributed by atoms with Gasteiger partial charge in [0.25, 0.3) is 0 Å². The lowest BCUT2D eigenvalue weighted by Crippen LogP contribution is -2.35. The minimum Gasteiger partial charge on any atom is -0.497 e. The summed E-state index contributed by atoms with van der Waals surface area (Å²) in [7, 11) is 1.63. The van der Waals surface area contributed by atoms with Crippen LogP contribution in [0.2, 0.25) is 0 Å². The Hall–Kier alpha value is -3.86. The molecule has 2 aromatic heterocycles. The minimum absolute atomic E-state index is 0.174. The molecule has 0 radical (unpaired) electrons. The molecule has 0 saturated carbocycles. The van der Waals surface area contributed by atoms with Gasteiger partial charge >= 0.3 is 13.7 Å². The molecule has 4 aromatic rings. The van der Waals surface area contributed by atoms with Crippen molar-refractivity contribution < 1.29 is 32.6 Å². The van der Waals surface area contributed by atoms with Crippen molar-refractivity contribution in [1.82, 2.24) is 14.5 Å². The van der Waals surface area contributed by atoms with Crippen molar-refractivity contribution in [3.63, 3.8) is 0 Å². The Kier molecular flexibility index (Phi) is 11.0. The van der Waals surface area contributed by atoms with Gasteiger partial charge in [0.2, 0.25) is 5.95 Å². The maximum atomic E-state index is 13.1. The first-order valence-electron chi connectivity index (χ1n) is 15.0. The summed E-state index contributed by atoms with van der Waals surface area (Å²) < 4.78 is 42.7. The summed E-state index contributed by atoms with van der Waals surface area (Å²) in [5.41, 5.74) is 2.61. The molecule has 4 rings (SSSR count). The molecule has 0 unspecified atom stereocenters. The number of rotatable bonds is 14. The number of anilines is 2. The van der Waals surface area contributed by atoms with E-state index in [9.17, 15) is 9.36 Å². The molecule has 0 atom stereocenters. The zero-order valence-corrected chi connectivity index (χ0v) is 28.3. The lowest BCUT2D eigenvalue weighted by atomic mass is 10.2. The Morgan fingerprint density at radius 2 is 1.62 bits per heavy atom. The average molecular weight is 642 g/mol. The highest BCUT2D eigenvalue weighted by molar-refractivity contribution is 7.53. The lowest BCUT2D eigenvalue weighted by Gasteiger charge is -2.24. The van der Waals surface area contributed by atoms with E-state index in [0.29, 0.717) is 49.8 Å². The number of fused-ring (bicyclic) bond motifs is 3. The monoisotopic (exact) mass is 641 g/mol. The fraction of sp³-hybridized carbons (Fsp3) is 0.469. The van der Waals surface area contributed by atoms with Crippen LogP contribution < -0.4 is 19.7 Å². The van der Waals surface area contributed by atoms with Crippen LogP contribution in [0.3, 0.4) is 0 Å². The molecule has 1 amide bonds. The van der Waals surface area contributed by atoms with Gasteiger partial charge in [0.05, 0.1) is 39.1 Å². The first-order chi connectivity index (χ1) is 21.4. The van der Waals surface area contributed by atoms with E-state index in [1.807, 2.05) is 42.5 Å². The van der Waals surface area contributed by atoms with E-state index >= 15 is 0 Å². The van der Waals surface area contributed by atoms with Crippen LogP contribution in [-0.2, 0) is 24.9 Å². The summed E-state index contributed by atoms with van der Waals surface area (Å²) >= 11 is 0. The molecule has 1 N–H and O–H groups in total. The number of ether oxygens (including phenoxy) is 3. The van der Waals surface area contributed by atoms with Crippen LogP contribution in [0.25, 0.3) is 21.9 Å². The Labute approximate surface area is 264 Å². The molecule has 0 aliphatic carbocycles. The Morgan fingerprint density at radius 3 is 2.22 bits per heavy atom. The molecule has 0 bridgehead atoms. The van der Waals surface area contributed by atoms with E-state index < -0.39 is 19.3 Å². The van der Waals surface area contributed by atoms with E-state index in [4.69, 9.17) is 33.2 Å². The molecule has 2 heterocycles. The highest BCUT2D eigenvalue weighted by Crippen LogP contribution is 2.48. The minimum atomic E-state index is -3.21. The van der Waals surface area contributed by atoms with Crippen LogP contribution in [0, 0.1) is 0 Å². The fourth-order valence-electron chi connectivity index (χ4n) is 4.87. The number of hydrogen-bond donors (Lipinski definition) is 1. The number of aromatic nitrogens is 3. The first kappa shape index (κ1) is 34.0. The largest absolute Gasteiger partial charge is 0.497 e. The SMILES string of the molecule is CCOP(=O)(CCCNc1nc(N(C)C(=O)OC(C)(C)C)nc2c3ccc(OC)cc3n(Cc3ccc(OC)cc3)c12)OCC. The van der Waals surface area contributed by atoms with Gasteiger partial charge in [-0.25, -0.2) is 14.7 Å². The van der Waals surface area contributed by atoms with Gasteiger partial charge in [-0.15, -0.1) is 0 Å². The number of amides is 1. The molecular formula is C32H44N5O7P. The Bertz CT molecular complexity index is 1660. The van der Waals surface area contributed by atoms with E-state index in [-0.39, 0.29) is 12.1 Å². The van der Waals surface area contributed by atoms with Crippen LogP contribution in [0.1, 0.15) is 46.6 Å². The maximum absolute atomic E-state index is 13.1. The molecule has 0 aliphatic rings. The van der Waals surface area contributed by atoms with Crippen LogP contribution in [0.4, 0.5) is 16.6 Å². The smallest absolute Gasteiger partial charge is 0.416 e. The summed E-state index contributed by atoms with van der Waals surface area (Å²) in [4.78, 5) is 24.1. The predicted molar refractivity (Wildman–Crippen MR) is 177 cm³/mol. The topological polar surface area (TPSA) is 126 Å². The van der Waals surface area contributed by atoms with Crippen molar-refractivity contribution in [2.75, 3.05) is 57.4 Å². The number of hydrogen-bond acceptors (Lipinski definition) is 10. The van der Waals surface area contributed by atoms with Gasteiger partial charge in [-0.2, -0.15) is 4.98 Å². The van der Waals surface area contributed by atoms with Crippen LogP contribution in [-0.4, -0.2) is 73.4 Å². The number of methoxy groups -OCH3 is 2. The fourth-order valence-corrected chi connectivity index (χ4v) is 6.54. The summed E-state index contributed by atoms with van der Waals surface area (Å²) in [5.74, 6) is 2.14. The number of carbonyl (C=O) groups is 1. The summed E-state index contributed by atoms with van der Waals surface area (Å²) in [5, 5.41) is 4.29. The van der Waals surface area contributed by atoms with Gasteiger partial charge in [0.15, 0.2) is 5.82 Å². The average Bonchev–Trinajstić information content (AvgIpc) is 3.31. The maximum Gasteiger partial charge on any atom is 0.416 e. The van der Waals surface area contributed by atoms with Crippen LogP contribution >= 0.6 is 7.60 Å². The molecule has 244 valence electrons. The third-order valence-corrected chi connectivity index (χ3v) is 9.08. The van der Waals surface area contributed by atoms with E-state index in [0.717, 1.165) is 27.7 Å². The highest BCUT2D eigenvalue weighted by Gasteiger charge is 2.26. The van der Waals surface area contributed by atoms with Crippen molar-refractivity contribution >= 4 is 47.4 Å². The first-order valence-corrected chi connectivity index (χ1v) is 16.7. The number of nitrogens with zero attached hydrogens (tertiary/aromatic N) is 4. The molecule has 0 spiro atoms. The Balaban J connectivity index is 1.84. The van der Waals surface area contributed by atoms with Crippen LogP contribution in [0.15, 0.2) is 42.5 Å². The van der Waals surface area contributed by atoms with E-state index in [1.165, 1.54) is 4.90 Å². The van der Waals surface area contributed by atoms with Gasteiger partial charge in [0.1, 0.15) is 28.1 Å². The number of benzene rings is 2. The number of carbonyl (C=O) groups excluding carboxylic acids is 1. The van der Waals surface area contributed by atoms with E-state index in [2.05, 4.69) is 9.88 Å². The zero-order chi connectivity index (χ0) is 32.8. The van der Waals surface area contributed by atoms with Crippen molar-refractivity contribution in [1.29, 1.82) is 0 Å². The predicted octanol–water partition coefficient (Wildman–Crippen LogP) is 7.09. The molecule has 45 heavy (non-hydrogen) atoms. The summed E-state index contributed by atoms with van der Waals surface area (Å²) in [6.07, 6.45) is 0.157. The second-order valence-electron chi connectivity index (χ2n) is 11.4. The Morgan fingerprint density at radius 1 is 0.978 bits per heavy atom. The lowest BCUT2D eigenvalue weighted by molar-refractivity contribution is 0.0587. The molecule has 0 saturated heterocycles. The molecule has 12 nitrogen and oxygen atoms in total. The molecule has 13 heteroatoms. The third kappa shape index (κ3) is 8.25. The highest BCUT2D eigenvalue weighted by atomic mass is 31.2. The zero-order valence-electron chi connectivity index (χ0n) is 27.4. The molecular weight excluding hydrogens is 597 g/mol. The van der Waals surface area contributed by atoms with Crippen LogP contribution in [0.5, 0.6) is 11.5 Å². The summed E-state index contributed by atoms with van der Waals surface area (Å²) in [6.45, 7) is 10.5. The van der Waals surface area contributed by atoms with Gasteiger partial charge in [-0.3, -0.25) is 4.57 Å². The van der Waals surface area contributed by atoms with E-state index in [1.54, 1.807) is 55.9 Å². The van der Waals surface area contributed by atoms with Gasteiger partial charge in [-0.05, 0) is 70.9 Å². The van der Waals surface area contributed by atoms with Gasteiger partial charge in [0, 0.05) is 31.6 Å². The van der Waals surface area contributed by atoms with Gasteiger partial charge in [-0.1, -0.05) is 12.1 Å². The third-order valence-electron chi connectivity index (χ3n) is 6.91. The van der Waals surface area contributed by atoms with Crippen molar-refractivity contribution in [2.45, 2.75) is 53.2 Å². The van der Waals surface area contributed by atoms with Gasteiger partial charge < -0.3 is 33.1 Å². The molecule has 2 aromatic carbocycles. The quantitative estimate of drug-likeness (QED) is 0.113. The second-order valence-corrected chi connectivity index (χ2v) is 13.6. The number of nitrogens with one attached hydrogen (secondary N) is 1. The molecule has 0 fully saturated rings. The molecule has 0 aliphatic heterocycles. The summed E-state index contributed by atoms with van der Waals surface area (Å²) in [6, 6.07) is 13.6.